The van der Waals surface area contributed by atoms with Crippen molar-refractivity contribution in [3.05, 3.63) is 52.3 Å². The number of halogens is 1. The Hall–Kier alpha value is -2.48. The Bertz CT molecular complexity index is 952. The molecule has 0 aliphatic carbocycles. The van der Waals surface area contributed by atoms with E-state index in [9.17, 15) is 9.59 Å². The van der Waals surface area contributed by atoms with Crippen LogP contribution >= 0.6 is 15.9 Å². The quantitative estimate of drug-likeness (QED) is 0.618. The number of amides is 1. The number of rotatable bonds is 6. The van der Waals surface area contributed by atoms with E-state index in [1.165, 1.54) is 11.8 Å². The largest absolute Gasteiger partial charge is 0.453 e. The van der Waals surface area contributed by atoms with Crippen LogP contribution in [0.25, 0.3) is 0 Å². The number of carbonyl (C=O) groups is 2. The molecule has 0 spiro atoms. The lowest BCUT2D eigenvalue weighted by atomic mass is 9.85. The molecule has 0 saturated heterocycles. The van der Waals surface area contributed by atoms with Crippen LogP contribution in [0.2, 0.25) is 0 Å². The van der Waals surface area contributed by atoms with Crippen LogP contribution in [-0.2, 0) is 4.74 Å². The van der Waals surface area contributed by atoms with Gasteiger partial charge in [0, 0.05) is 16.4 Å². The van der Waals surface area contributed by atoms with Gasteiger partial charge in [0.05, 0.1) is 18.8 Å². The van der Waals surface area contributed by atoms with E-state index < -0.39 is 12.1 Å². The average molecular weight is 489 g/mol. The van der Waals surface area contributed by atoms with Gasteiger partial charge in [-0.15, -0.1) is 0 Å². The maximum Gasteiger partial charge on any atom is 0.407 e. The second-order valence-electron chi connectivity index (χ2n) is 8.10. The number of carbonyl (C=O) groups excluding carboxylic acids is 2. The first-order chi connectivity index (χ1) is 14.8. The maximum atomic E-state index is 13.3. The van der Waals surface area contributed by atoms with Gasteiger partial charge in [0.15, 0.2) is 0 Å². The number of hydrogen-bond donors (Lipinski definition) is 1. The summed E-state index contributed by atoms with van der Waals surface area (Å²) in [7, 11) is 1.28. The minimum Gasteiger partial charge on any atom is -0.453 e. The molecular weight excluding hydrogens is 460 g/mol. The van der Waals surface area contributed by atoms with Gasteiger partial charge >= 0.3 is 6.09 Å². The Kier molecular flexibility index (Phi) is 7.64. The molecule has 166 valence electrons. The van der Waals surface area contributed by atoms with Gasteiger partial charge in [-0.25, -0.2) is 9.48 Å². The molecule has 1 amide bonds. The average Bonchev–Trinajstić information content (AvgIpc) is 3.26. The normalized spacial score (nSPS) is 19.6. The highest BCUT2D eigenvalue weighted by molar-refractivity contribution is 9.10. The second kappa shape index (κ2) is 10.2. The molecule has 8 heteroatoms. The summed E-state index contributed by atoms with van der Waals surface area (Å²) in [5, 5.41) is 6.94. The first kappa shape index (κ1) is 23.2. The van der Waals surface area contributed by atoms with Crippen LogP contribution < -0.4 is 5.32 Å². The van der Waals surface area contributed by atoms with Crippen LogP contribution in [0.5, 0.6) is 0 Å². The molecule has 3 rings (SSSR count). The topological polar surface area (TPSA) is 85.6 Å². The fourth-order valence-electron chi connectivity index (χ4n) is 3.97. The minimum absolute atomic E-state index is 0.126. The van der Waals surface area contributed by atoms with E-state index in [0.717, 1.165) is 40.7 Å². The van der Waals surface area contributed by atoms with Crippen LogP contribution in [0, 0.1) is 11.8 Å². The highest BCUT2D eigenvalue weighted by Gasteiger charge is 2.33. The highest BCUT2D eigenvalue weighted by atomic mass is 79.9. The summed E-state index contributed by atoms with van der Waals surface area (Å²) in [6, 6.07) is 9.08. The number of nitrogens with one attached hydrogen (secondary N) is 1. The molecule has 1 aromatic carbocycles. The second-order valence-corrected chi connectivity index (χ2v) is 9.01. The van der Waals surface area contributed by atoms with Crippen molar-refractivity contribution in [3.63, 3.8) is 0 Å². The van der Waals surface area contributed by atoms with Gasteiger partial charge in [0.25, 0.3) is 5.91 Å². The van der Waals surface area contributed by atoms with E-state index in [4.69, 9.17) is 9.73 Å². The van der Waals surface area contributed by atoms with Crippen LogP contribution in [0.3, 0.4) is 0 Å². The molecule has 1 aliphatic heterocycles. The Morgan fingerprint density at radius 3 is 2.58 bits per heavy atom. The van der Waals surface area contributed by atoms with Gasteiger partial charge in [0.2, 0.25) is 0 Å². The third-order valence-corrected chi connectivity index (χ3v) is 6.30. The lowest BCUT2D eigenvalue weighted by Gasteiger charge is -2.30. The van der Waals surface area contributed by atoms with Gasteiger partial charge < -0.3 is 10.1 Å². The molecule has 3 atom stereocenters. The zero-order valence-corrected chi connectivity index (χ0v) is 19.9. The van der Waals surface area contributed by atoms with Crippen molar-refractivity contribution in [2.24, 2.45) is 16.8 Å². The zero-order chi connectivity index (χ0) is 22.5. The summed E-state index contributed by atoms with van der Waals surface area (Å²) in [6.07, 6.45) is 3.83. The lowest BCUT2D eigenvalue weighted by Crippen LogP contribution is -2.47. The molecule has 7 nitrogen and oxygen atoms in total. The minimum atomic E-state index is -0.746. The summed E-state index contributed by atoms with van der Waals surface area (Å²) in [6.45, 7) is 5.90. The van der Waals surface area contributed by atoms with Crippen LogP contribution in [-0.4, -0.2) is 40.6 Å². The number of benzene rings is 1. The number of ether oxygens (including phenoxy) is 1. The monoisotopic (exact) mass is 488 g/mol. The SMILES string of the molecule is CCC1CCC(c2ccc(Br)cc2)=NC1c1ccnn1C(=O)C(NC(=O)OC)C(C)C. The molecule has 1 N–H and O–H groups in total. The van der Waals surface area contributed by atoms with Crippen molar-refractivity contribution >= 4 is 33.6 Å². The molecule has 2 heterocycles. The van der Waals surface area contributed by atoms with Crippen LogP contribution in [0.15, 0.2) is 46.0 Å². The number of nitrogens with zero attached hydrogens (tertiary/aromatic N) is 3. The van der Waals surface area contributed by atoms with Crippen molar-refractivity contribution in [1.29, 1.82) is 0 Å². The molecule has 3 unspecified atom stereocenters. The van der Waals surface area contributed by atoms with Gasteiger partial charge in [-0.3, -0.25) is 9.79 Å². The number of aromatic nitrogens is 2. The molecule has 31 heavy (non-hydrogen) atoms. The smallest absolute Gasteiger partial charge is 0.407 e. The molecule has 0 bridgehead atoms. The number of methoxy groups -OCH3 is 1. The Balaban J connectivity index is 1.96. The molecule has 1 aromatic heterocycles. The molecule has 0 radical (unpaired) electrons. The number of alkyl carbamates (subject to hydrolysis) is 1. The van der Waals surface area contributed by atoms with Gasteiger partial charge in [-0.1, -0.05) is 55.3 Å². The summed E-state index contributed by atoms with van der Waals surface area (Å²) in [5.74, 6) is -0.103. The van der Waals surface area contributed by atoms with E-state index in [1.807, 2.05) is 32.0 Å². The van der Waals surface area contributed by atoms with E-state index in [-0.39, 0.29) is 17.9 Å². The van der Waals surface area contributed by atoms with Crippen molar-refractivity contribution in [2.75, 3.05) is 7.11 Å². The van der Waals surface area contributed by atoms with E-state index in [0.29, 0.717) is 5.92 Å². The molecule has 0 fully saturated rings. The third kappa shape index (κ3) is 5.23. The lowest BCUT2D eigenvalue weighted by molar-refractivity contribution is 0.0795. The van der Waals surface area contributed by atoms with Gasteiger partial charge in [0.1, 0.15) is 6.04 Å². The van der Waals surface area contributed by atoms with Crippen LogP contribution in [0.4, 0.5) is 4.79 Å². The van der Waals surface area contributed by atoms with Gasteiger partial charge in [-0.2, -0.15) is 5.10 Å². The maximum absolute atomic E-state index is 13.3. The van der Waals surface area contributed by atoms with Crippen molar-refractivity contribution in [2.45, 2.75) is 52.1 Å². The van der Waals surface area contributed by atoms with Crippen molar-refractivity contribution in [3.8, 4) is 0 Å². The summed E-state index contributed by atoms with van der Waals surface area (Å²) >= 11 is 3.48. The predicted octanol–water partition coefficient (Wildman–Crippen LogP) is 5.02. The summed E-state index contributed by atoms with van der Waals surface area (Å²) in [5.41, 5.74) is 2.88. The van der Waals surface area contributed by atoms with E-state index in [2.05, 4.69) is 45.4 Å². The van der Waals surface area contributed by atoms with Crippen molar-refractivity contribution in [1.82, 2.24) is 15.1 Å². The predicted molar refractivity (Wildman–Crippen MR) is 123 cm³/mol. The Morgan fingerprint density at radius 1 is 1.26 bits per heavy atom. The fourth-order valence-corrected chi connectivity index (χ4v) is 4.23. The first-order valence-electron chi connectivity index (χ1n) is 10.6. The highest BCUT2D eigenvalue weighted by Crippen LogP contribution is 2.37. The molecule has 2 aromatic rings. The van der Waals surface area contributed by atoms with Gasteiger partial charge in [-0.05, 0) is 48.4 Å². The summed E-state index contributed by atoms with van der Waals surface area (Å²) < 4.78 is 7.12. The van der Waals surface area contributed by atoms with E-state index in [1.54, 1.807) is 6.20 Å². The standard InChI is InChI=1S/C23H29BrN4O3/c1-5-15-8-11-18(16-6-9-17(24)10-7-16)26-21(15)19-12-13-25-28(19)22(29)20(14(2)3)27-23(30)31-4/h6-7,9-10,12-15,20-21H,5,8,11H2,1-4H3,(H,27,30). The van der Waals surface area contributed by atoms with E-state index >= 15 is 0 Å². The summed E-state index contributed by atoms with van der Waals surface area (Å²) in [4.78, 5) is 30.2. The molecule has 0 saturated carbocycles. The van der Waals surface area contributed by atoms with Crippen LogP contribution in [0.1, 0.15) is 62.1 Å². The first-order valence-corrected chi connectivity index (χ1v) is 11.4. The Labute approximate surface area is 191 Å². The molecule has 1 aliphatic rings. The zero-order valence-electron chi connectivity index (χ0n) is 18.3. The van der Waals surface area contributed by atoms with Crippen molar-refractivity contribution < 1.29 is 14.3 Å². The Morgan fingerprint density at radius 2 is 1.97 bits per heavy atom. The molecular formula is C23H29BrN4O3. The number of hydrogen-bond acceptors (Lipinski definition) is 5. The number of aliphatic imine (C=N–C) groups is 1. The fraction of sp³-hybridized carbons (Fsp3) is 0.478. The third-order valence-electron chi connectivity index (χ3n) is 5.77.